The monoisotopic (exact) mass is 459 g/mol. The van der Waals surface area contributed by atoms with E-state index in [4.69, 9.17) is 0 Å². The molecule has 0 aliphatic carbocycles. The Labute approximate surface area is 158 Å². The molecule has 2 rings (SSSR count). The Balaban J connectivity index is 2.70. The van der Waals surface area contributed by atoms with E-state index < -0.39 is 68.3 Å². The van der Waals surface area contributed by atoms with Crippen LogP contribution in [0, 0.1) is 0 Å². The predicted octanol–water partition coefficient (Wildman–Crippen LogP) is 3.01. The maximum absolute atomic E-state index is 14.9. The second-order valence-electron chi connectivity index (χ2n) is 6.36. The van der Waals surface area contributed by atoms with Crippen LogP contribution in [0.25, 0.3) is 0 Å². The van der Waals surface area contributed by atoms with E-state index in [0.29, 0.717) is 7.05 Å². The zero-order valence-electron chi connectivity index (χ0n) is 14.8. The topological polar surface area (TPSA) is 82.8 Å². The molecule has 16 heteroatoms. The summed E-state index contributed by atoms with van der Waals surface area (Å²) in [6, 6.07) is 0. The van der Waals surface area contributed by atoms with Crippen molar-refractivity contribution in [1.82, 2.24) is 9.78 Å². The summed E-state index contributed by atoms with van der Waals surface area (Å²) >= 11 is 0. The van der Waals surface area contributed by atoms with E-state index in [1.807, 2.05) is 0 Å². The lowest BCUT2D eigenvalue weighted by Gasteiger charge is -2.21. The third kappa shape index (κ3) is 3.85. The van der Waals surface area contributed by atoms with E-state index >= 15 is 0 Å². The molecule has 29 heavy (non-hydrogen) atoms. The van der Waals surface area contributed by atoms with Gasteiger partial charge < -0.3 is 9.57 Å². The first-order valence-electron chi connectivity index (χ1n) is 7.52. The van der Waals surface area contributed by atoms with Crippen molar-refractivity contribution >= 4 is 14.9 Å². The summed E-state index contributed by atoms with van der Waals surface area (Å²) in [5.41, 5.74) is -6.77. The number of hydrogen-bond acceptors (Lipinski definition) is 6. The van der Waals surface area contributed by atoms with Crippen LogP contribution >= 0.6 is 0 Å². The molecule has 1 aliphatic heterocycles. The molecule has 0 saturated heterocycles. The minimum Gasteiger partial charge on any atom is -0.471 e. The molecule has 0 amide bonds. The summed E-state index contributed by atoms with van der Waals surface area (Å²) in [6.45, 7) is 0.289. The number of oxime groups is 1. The highest BCUT2D eigenvalue weighted by atomic mass is 32.2. The van der Waals surface area contributed by atoms with Crippen LogP contribution < -0.4 is 4.74 Å². The van der Waals surface area contributed by atoms with Crippen LogP contribution in [0.1, 0.15) is 25.1 Å². The van der Waals surface area contributed by atoms with Crippen LogP contribution in [0.2, 0.25) is 0 Å². The molecule has 0 aromatic carbocycles. The standard InChI is InChI=1S/C13H13F8N3O4S/c1-11(2)7(16)9(23-28-11)29(25,26)13(20,21)6-8(12(17,18)19)22-24(3)10(6)27-4-5(14)15/h5,7H,4H2,1-3H3. The number of aryl methyl sites for hydroxylation is 1. The Morgan fingerprint density at radius 3 is 2.21 bits per heavy atom. The van der Waals surface area contributed by atoms with Crippen LogP contribution in [-0.2, 0) is 33.2 Å². The Hall–Kier alpha value is -2.13. The smallest absolute Gasteiger partial charge is 0.435 e. The Bertz CT molecular complexity index is 923. The van der Waals surface area contributed by atoms with E-state index in [1.165, 1.54) is 0 Å². The maximum Gasteiger partial charge on any atom is 0.435 e. The largest absolute Gasteiger partial charge is 0.471 e. The summed E-state index contributed by atoms with van der Waals surface area (Å²) in [5.74, 6) is -1.58. The predicted molar refractivity (Wildman–Crippen MR) is 80.0 cm³/mol. The molecule has 0 spiro atoms. The normalized spacial score (nSPS) is 20.0. The lowest BCUT2D eigenvalue weighted by atomic mass is 10.1. The van der Waals surface area contributed by atoms with E-state index in [2.05, 4.69) is 19.8 Å². The van der Waals surface area contributed by atoms with E-state index in [0.717, 1.165) is 13.8 Å². The van der Waals surface area contributed by atoms with Crippen molar-refractivity contribution in [3.63, 3.8) is 0 Å². The molecular formula is C13H13F8N3O4S. The average Bonchev–Trinajstić information content (AvgIpc) is 3.02. The van der Waals surface area contributed by atoms with Gasteiger partial charge in [0.05, 0.1) is 0 Å². The van der Waals surface area contributed by atoms with Gasteiger partial charge in [-0.2, -0.15) is 27.1 Å². The van der Waals surface area contributed by atoms with Gasteiger partial charge in [-0.3, -0.25) is 0 Å². The van der Waals surface area contributed by atoms with Crippen LogP contribution in [0.5, 0.6) is 5.88 Å². The highest BCUT2D eigenvalue weighted by Gasteiger charge is 2.62. The minimum absolute atomic E-state index is 0.0216. The van der Waals surface area contributed by atoms with Gasteiger partial charge in [-0.25, -0.2) is 26.3 Å². The van der Waals surface area contributed by atoms with Gasteiger partial charge in [0.25, 0.3) is 16.3 Å². The first-order chi connectivity index (χ1) is 12.9. The van der Waals surface area contributed by atoms with Crippen molar-refractivity contribution in [1.29, 1.82) is 0 Å². The first-order valence-corrected chi connectivity index (χ1v) is 9.01. The van der Waals surface area contributed by atoms with Crippen LogP contribution in [-0.4, -0.2) is 48.0 Å². The van der Waals surface area contributed by atoms with Gasteiger partial charge in [-0.15, -0.1) is 0 Å². The number of nitrogens with zero attached hydrogens (tertiary/aromatic N) is 3. The summed E-state index contributed by atoms with van der Waals surface area (Å²) in [4.78, 5) is 4.42. The number of alkyl halides is 8. The summed E-state index contributed by atoms with van der Waals surface area (Å²) in [7, 11) is -5.61. The molecule has 0 fully saturated rings. The van der Waals surface area contributed by atoms with E-state index in [1.54, 1.807) is 0 Å². The zero-order valence-corrected chi connectivity index (χ0v) is 15.6. The van der Waals surface area contributed by atoms with Crippen molar-refractivity contribution < 1.29 is 53.1 Å². The highest BCUT2D eigenvalue weighted by molar-refractivity contribution is 8.07. The second kappa shape index (κ2) is 6.98. The van der Waals surface area contributed by atoms with Crippen molar-refractivity contribution in [3.05, 3.63) is 11.3 Å². The van der Waals surface area contributed by atoms with Gasteiger partial charge >= 0.3 is 11.4 Å². The fraction of sp³-hybridized carbons (Fsp3) is 0.692. The van der Waals surface area contributed by atoms with Gasteiger partial charge in [0.1, 0.15) is 5.56 Å². The molecule has 0 N–H and O–H groups in total. The Morgan fingerprint density at radius 2 is 1.79 bits per heavy atom. The maximum atomic E-state index is 14.9. The van der Waals surface area contributed by atoms with Gasteiger partial charge in [0.2, 0.25) is 10.9 Å². The van der Waals surface area contributed by atoms with Crippen molar-refractivity contribution in [3.8, 4) is 5.88 Å². The number of aromatic nitrogens is 2. The van der Waals surface area contributed by atoms with Gasteiger partial charge in [0.15, 0.2) is 24.1 Å². The van der Waals surface area contributed by atoms with Crippen LogP contribution in [0.4, 0.5) is 35.1 Å². The average molecular weight is 459 g/mol. The zero-order chi connectivity index (χ0) is 22.6. The number of halogens is 8. The molecule has 0 saturated carbocycles. The Morgan fingerprint density at radius 1 is 1.24 bits per heavy atom. The summed E-state index contributed by atoms with van der Waals surface area (Å²) < 4.78 is 137. The molecule has 2 heterocycles. The molecule has 0 bridgehead atoms. The molecule has 1 aromatic rings. The van der Waals surface area contributed by atoms with Gasteiger partial charge in [-0.05, 0) is 13.8 Å². The van der Waals surface area contributed by atoms with Crippen molar-refractivity contribution in [2.75, 3.05) is 6.61 Å². The first kappa shape index (κ1) is 23.2. The highest BCUT2D eigenvalue weighted by Crippen LogP contribution is 2.48. The summed E-state index contributed by atoms with van der Waals surface area (Å²) in [6.07, 6.45) is -11.7. The number of ether oxygens (including phenoxy) is 1. The lowest BCUT2D eigenvalue weighted by Crippen LogP contribution is -2.42. The number of sulfone groups is 1. The van der Waals surface area contributed by atoms with Crippen LogP contribution in [0.15, 0.2) is 5.16 Å². The molecule has 7 nitrogen and oxygen atoms in total. The van der Waals surface area contributed by atoms with Gasteiger partial charge in [0, 0.05) is 7.05 Å². The molecule has 1 atom stereocenters. The molecule has 166 valence electrons. The quantitative estimate of drug-likeness (QED) is 0.633. The fourth-order valence-corrected chi connectivity index (χ4v) is 3.69. The van der Waals surface area contributed by atoms with Crippen LogP contribution in [0.3, 0.4) is 0 Å². The van der Waals surface area contributed by atoms with E-state index in [-0.39, 0.29) is 4.68 Å². The fourth-order valence-electron chi connectivity index (χ4n) is 2.28. The SMILES string of the molecule is Cn1nc(C(F)(F)F)c(C(F)(F)S(=O)(=O)C2=NOC(C)(C)C2F)c1OCC(F)F. The third-order valence-electron chi connectivity index (χ3n) is 3.71. The molecule has 0 radical (unpaired) electrons. The third-order valence-corrected chi connectivity index (χ3v) is 5.42. The molecule has 1 unspecified atom stereocenters. The lowest BCUT2D eigenvalue weighted by molar-refractivity contribution is -0.143. The molecule has 1 aliphatic rings. The van der Waals surface area contributed by atoms with Crippen molar-refractivity contribution in [2.45, 2.75) is 43.5 Å². The molecule has 1 aromatic heterocycles. The number of hydrogen-bond donors (Lipinski definition) is 0. The summed E-state index contributed by atoms with van der Waals surface area (Å²) in [5, 5.41) is -1.89. The number of rotatable bonds is 5. The second-order valence-corrected chi connectivity index (χ2v) is 8.30. The van der Waals surface area contributed by atoms with Gasteiger partial charge in [-0.1, -0.05) is 5.16 Å². The Kier molecular flexibility index (Phi) is 5.57. The minimum atomic E-state index is -6.25. The van der Waals surface area contributed by atoms with Crippen molar-refractivity contribution in [2.24, 2.45) is 12.2 Å². The molecular weight excluding hydrogens is 446 g/mol. The van der Waals surface area contributed by atoms with E-state index in [9.17, 15) is 43.5 Å².